The largest absolute Gasteiger partial charge is 0.488 e. The van der Waals surface area contributed by atoms with Gasteiger partial charge >= 0.3 is 0 Å². The van der Waals surface area contributed by atoms with E-state index in [9.17, 15) is 4.79 Å². The van der Waals surface area contributed by atoms with Gasteiger partial charge in [-0.05, 0) is 37.1 Å². The fourth-order valence-corrected chi connectivity index (χ4v) is 4.93. The van der Waals surface area contributed by atoms with Gasteiger partial charge in [0.15, 0.2) is 0 Å². The molecule has 4 heterocycles. The molecule has 3 N–H and O–H groups in total. The van der Waals surface area contributed by atoms with Crippen LogP contribution in [-0.2, 0) is 22.3 Å². The summed E-state index contributed by atoms with van der Waals surface area (Å²) in [5, 5.41) is 7.25. The van der Waals surface area contributed by atoms with Crippen LogP contribution in [0.2, 0.25) is 5.02 Å². The number of anilines is 2. The third-order valence-corrected chi connectivity index (χ3v) is 6.64. The molecule has 2 atom stereocenters. The smallest absolute Gasteiger partial charge is 0.255 e. The number of ether oxygens (including phenoxy) is 3. The zero-order chi connectivity index (χ0) is 24.4. The molecule has 1 aromatic carbocycles. The third kappa shape index (κ3) is 4.87. The molecule has 2 aliphatic rings. The zero-order valence-corrected chi connectivity index (χ0v) is 20.6. The molecule has 1 amide bonds. The van der Waals surface area contributed by atoms with E-state index < -0.39 is 0 Å². The van der Waals surface area contributed by atoms with Gasteiger partial charge in [-0.1, -0.05) is 24.6 Å². The van der Waals surface area contributed by atoms with Crippen molar-refractivity contribution in [1.29, 1.82) is 0 Å². The summed E-state index contributed by atoms with van der Waals surface area (Å²) in [4.78, 5) is 20.9. The van der Waals surface area contributed by atoms with Crippen molar-refractivity contribution >= 4 is 28.9 Å². The normalized spacial score (nSPS) is 19.7. The zero-order valence-electron chi connectivity index (χ0n) is 19.8. The van der Waals surface area contributed by atoms with E-state index in [1.807, 2.05) is 31.2 Å². The predicted octanol–water partition coefficient (Wildman–Crippen LogP) is 4.50. The second-order valence-corrected chi connectivity index (χ2v) is 9.21. The van der Waals surface area contributed by atoms with E-state index in [1.165, 1.54) is 0 Å². The van der Waals surface area contributed by atoms with Gasteiger partial charge in [0.1, 0.15) is 18.5 Å². The van der Waals surface area contributed by atoms with Crippen molar-refractivity contribution < 1.29 is 19.0 Å². The summed E-state index contributed by atoms with van der Waals surface area (Å²) in [5.74, 6) is 0.478. The van der Waals surface area contributed by atoms with E-state index in [0.717, 1.165) is 34.6 Å². The fourth-order valence-electron chi connectivity index (χ4n) is 4.62. The number of rotatable bonds is 7. The highest BCUT2D eigenvalue weighted by molar-refractivity contribution is 6.31. The highest BCUT2D eigenvalue weighted by Gasteiger charge is 2.31. The molecule has 0 saturated carbocycles. The van der Waals surface area contributed by atoms with Gasteiger partial charge in [-0.3, -0.25) is 9.78 Å². The Kier molecular flexibility index (Phi) is 6.95. The van der Waals surface area contributed by atoms with Crippen molar-refractivity contribution in [3.63, 3.8) is 0 Å². The molecule has 3 aromatic rings. The van der Waals surface area contributed by atoms with E-state index in [0.29, 0.717) is 54.9 Å². The quantitative estimate of drug-likeness (QED) is 0.445. The molecule has 5 rings (SSSR count). The number of pyridine rings is 1. The monoisotopic (exact) mass is 496 g/mol. The molecule has 0 aliphatic carbocycles. The number of fused-ring (bicyclic) bond motifs is 1. The number of aromatic nitrogens is 2. The van der Waals surface area contributed by atoms with Crippen LogP contribution in [0.4, 0.5) is 11.4 Å². The summed E-state index contributed by atoms with van der Waals surface area (Å²) >= 11 is 6.48. The molecule has 8 nitrogen and oxygen atoms in total. The second-order valence-electron chi connectivity index (χ2n) is 8.80. The molecule has 1 saturated heterocycles. The van der Waals surface area contributed by atoms with E-state index >= 15 is 0 Å². The van der Waals surface area contributed by atoms with Crippen LogP contribution in [-0.4, -0.2) is 54.4 Å². The predicted molar refractivity (Wildman–Crippen MR) is 135 cm³/mol. The molecule has 184 valence electrons. The van der Waals surface area contributed by atoms with E-state index in [4.69, 9.17) is 25.8 Å². The van der Waals surface area contributed by atoms with Crippen LogP contribution in [0.25, 0.3) is 11.3 Å². The van der Waals surface area contributed by atoms with Crippen molar-refractivity contribution in [2.75, 3.05) is 31.7 Å². The number of benzene rings is 1. The van der Waals surface area contributed by atoms with Gasteiger partial charge < -0.3 is 29.8 Å². The average molecular weight is 497 g/mol. The number of carbonyl (C=O) groups excluding carboxylic acids is 1. The van der Waals surface area contributed by atoms with Gasteiger partial charge in [-0.15, -0.1) is 0 Å². The van der Waals surface area contributed by atoms with Crippen molar-refractivity contribution in [3.05, 3.63) is 58.5 Å². The van der Waals surface area contributed by atoms with Crippen LogP contribution in [0.1, 0.15) is 35.5 Å². The minimum Gasteiger partial charge on any atom is -0.488 e. The van der Waals surface area contributed by atoms with Gasteiger partial charge in [0.05, 0.1) is 43.0 Å². The highest BCUT2D eigenvalue weighted by atomic mass is 35.5. The van der Waals surface area contributed by atoms with Crippen LogP contribution in [0.15, 0.2) is 36.7 Å². The van der Waals surface area contributed by atoms with Gasteiger partial charge in [0, 0.05) is 40.6 Å². The Labute approximate surface area is 209 Å². The Morgan fingerprint density at radius 2 is 2.17 bits per heavy atom. The maximum Gasteiger partial charge on any atom is 0.255 e. The number of H-pyrrole nitrogens is 1. The Morgan fingerprint density at radius 1 is 1.29 bits per heavy atom. The highest BCUT2D eigenvalue weighted by Crippen LogP contribution is 2.41. The lowest BCUT2D eigenvalue weighted by atomic mass is 10.0. The summed E-state index contributed by atoms with van der Waals surface area (Å²) in [5.41, 5.74) is 5.58. The molecular formula is C26H29ClN4O4. The number of nitrogens with zero attached hydrogens (tertiary/aromatic N) is 1. The van der Waals surface area contributed by atoms with Crippen LogP contribution in [0.3, 0.4) is 0 Å². The fraction of sp³-hybridized carbons (Fsp3) is 0.385. The summed E-state index contributed by atoms with van der Waals surface area (Å²) < 4.78 is 17.4. The number of hydrogen-bond donors (Lipinski definition) is 3. The first-order valence-corrected chi connectivity index (χ1v) is 12.3. The molecule has 2 aliphatic heterocycles. The van der Waals surface area contributed by atoms with Crippen LogP contribution in [0.5, 0.6) is 5.75 Å². The molecule has 0 radical (unpaired) electrons. The maximum atomic E-state index is 13.1. The van der Waals surface area contributed by atoms with Gasteiger partial charge in [0.2, 0.25) is 0 Å². The number of hydrogen-bond acceptors (Lipinski definition) is 6. The summed E-state index contributed by atoms with van der Waals surface area (Å²) in [6, 6.07) is 7.66. The SMILES string of the molecule is CCc1c(Cl)cccc1Nc1c(-c2ccncc2OCC2COCCO2)[nH]c2c1C(=O)NC(C)C2. The van der Waals surface area contributed by atoms with E-state index in [1.54, 1.807) is 12.4 Å². The first-order chi connectivity index (χ1) is 17.0. The molecule has 9 heteroatoms. The summed E-state index contributed by atoms with van der Waals surface area (Å²) in [6.45, 7) is 6.03. The Hall–Kier alpha value is -3.07. The van der Waals surface area contributed by atoms with Crippen LogP contribution in [0, 0.1) is 0 Å². The number of amides is 1. The minimum absolute atomic E-state index is 0.0309. The van der Waals surface area contributed by atoms with Gasteiger partial charge in [0.25, 0.3) is 5.91 Å². The van der Waals surface area contributed by atoms with E-state index in [2.05, 4.69) is 27.5 Å². The first kappa shape index (κ1) is 23.7. The Bertz CT molecular complexity index is 1220. The first-order valence-electron chi connectivity index (χ1n) is 11.9. The van der Waals surface area contributed by atoms with Gasteiger partial charge in [-0.25, -0.2) is 0 Å². The molecule has 2 unspecified atom stereocenters. The Balaban J connectivity index is 1.57. The van der Waals surface area contributed by atoms with Crippen molar-refractivity contribution in [2.45, 2.75) is 38.8 Å². The lowest BCUT2D eigenvalue weighted by Crippen LogP contribution is -2.39. The summed E-state index contributed by atoms with van der Waals surface area (Å²) in [7, 11) is 0. The van der Waals surface area contributed by atoms with Crippen molar-refractivity contribution in [3.8, 4) is 17.0 Å². The second kappa shape index (κ2) is 10.3. The molecular weight excluding hydrogens is 468 g/mol. The maximum absolute atomic E-state index is 13.1. The molecule has 35 heavy (non-hydrogen) atoms. The lowest BCUT2D eigenvalue weighted by Gasteiger charge is -2.23. The molecule has 0 bridgehead atoms. The molecule has 0 spiro atoms. The van der Waals surface area contributed by atoms with Crippen LogP contribution < -0.4 is 15.4 Å². The minimum atomic E-state index is -0.142. The summed E-state index contributed by atoms with van der Waals surface area (Å²) in [6.07, 6.45) is 4.70. The number of nitrogens with one attached hydrogen (secondary N) is 3. The number of halogens is 1. The third-order valence-electron chi connectivity index (χ3n) is 6.29. The number of aromatic amines is 1. The van der Waals surface area contributed by atoms with E-state index in [-0.39, 0.29) is 18.1 Å². The number of carbonyl (C=O) groups is 1. The van der Waals surface area contributed by atoms with Gasteiger partial charge in [-0.2, -0.15) is 0 Å². The van der Waals surface area contributed by atoms with Crippen molar-refractivity contribution in [1.82, 2.24) is 15.3 Å². The van der Waals surface area contributed by atoms with Crippen LogP contribution >= 0.6 is 11.6 Å². The average Bonchev–Trinajstić information content (AvgIpc) is 3.21. The lowest BCUT2D eigenvalue weighted by molar-refractivity contribution is -0.101. The molecule has 1 fully saturated rings. The van der Waals surface area contributed by atoms with Crippen molar-refractivity contribution in [2.24, 2.45) is 0 Å². The Morgan fingerprint density at radius 3 is 2.97 bits per heavy atom. The topological polar surface area (TPSA) is 97.5 Å². The standard InChI is InChI=1S/C26H29ClN4O4/c1-3-17-19(27)5-4-6-20(17)30-25-23-21(11-15(2)29-26(23)32)31-24(25)18-7-8-28-12-22(18)35-14-16-13-33-9-10-34-16/h4-8,12,15-16,30-31H,3,9-11,13-14H2,1-2H3,(H,29,32). The molecule has 2 aromatic heterocycles.